The van der Waals surface area contributed by atoms with Gasteiger partial charge in [-0.15, -0.1) is 0 Å². The Hall–Kier alpha value is -2.31. The summed E-state index contributed by atoms with van der Waals surface area (Å²) in [7, 11) is 0. The minimum absolute atomic E-state index is 0.286. The van der Waals surface area contributed by atoms with Gasteiger partial charge in [0, 0.05) is 13.1 Å². The average molecular weight is 272 g/mol. The van der Waals surface area contributed by atoms with Crippen LogP contribution in [0.15, 0.2) is 17.4 Å². The van der Waals surface area contributed by atoms with Gasteiger partial charge in [-0.1, -0.05) is 13.3 Å². The number of hydrogen-bond donors (Lipinski definition) is 0. The fraction of sp³-hybridized carbons (Fsp3) is 0.462. The third-order valence-corrected chi connectivity index (χ3v) is 3.37. The Bertz CT molecular complexity index is 774. The number of unbranched alkanes of at least 4 members (excludes halogenated alkanes) is 1. The Morgan fingerprint density at radius 2 is 2.05 bits per heavy atom. The lowest BCUT2D eigenvalue weighted by Gasteiger charge is -1.99. The standard InChI is InChI=1S/C13H16N6O/c1-3-5-6-18-8-16-9-10-12(15-7-14-11(9)18)19(4-2)13(20)17-10/h7-8H,3-6H2,1-2H3. The monoisotopic (exact) mass is 272 g/mol. The summed E-state index contributed by atoms with van der Waals surface area (Å²) in [4.78, 5) is 28.9. The van der Waals surface area contributed by atoms with Crippen LogP contribution in [-0.4, -0.2) is 29.1 Å². The smallest absolute Gasteiger partial charge is 0.315 e. The van der Waals surface area contributed by atoms with E-state index < -0.39 is 0 Å². The summed E-state index contributed by atoms with van der Waals surface area (Å²) < 4.78 is 3.51. The first kappa shape index (κ1) is 12.7. The number of rotatable bonds is 4. The first-order valence-electron chi connectivity index (χ1n) is 6.82. The lowest BCUT2D eigenvalue weighted by Crippen LogP contribution is -2.15. The zero-order chi connectivity index (χ0) is 14.1. The van der Waals surface area contributed by atoms with Crippen LogP contribution < -0.4 is 5.69 Å². The first-order valence-corrected chi connectivity index (χ1v) is 6.82. The second-order valence-electron chi connectivity index (χ2n) is 4.65. The van der Waals surface area contributed by atoms with Gasteiger partial charge in [-0.3, -0.25) is 4.57 Å². The van der Waals surface area contributed by atoms with E-state index >= 15 is 0 Å². The van der Waals surface area contributed by atoms with Crippen molar-refractivity contribution < 1.29 is 0 Å². The Kier molecular flexibility index (Phi) is 3.17. The Morgan fingerprint density at radius 3 is 2.80 bits per heavy atom. The molecule has 1 aromatic rings. The van der Waals surface area contributed by atoms with Crippen molar-refractivity contribution in [1.29, 1.82) is 0 Å². The van der Waals surface area contributed by atoms with Crippen molar-refractivity contribution in [2.24, 2.45) is 0 Å². The predicted octanol–water partition coefficient (Wildman–Crippen LogP) is 1.31. The molecule has 0 spiro atoms. The highest BCUT2D eigenvalue weighted by atomic mass is 16.1. The molecule has 104 valence electrons. The molecule has 0 unspecified atom stereocenters. The lowest BCUT2D eigenvalue weighted by atomic mass is 10.3. The van der Waals surface area contributed by atoms with Crippen molar-refractivity contribution in [2.75, 3.05) is 0 Å². The number of imidazole rings is 2. The lowest BCUT2D eigenvalue weighted by molar-refractivity contribution is 0.641. The maximum atomic E-state index is 11.9. The van der Waals surface area contributed by atoms with Crippen LogP contribution >= 0.6 is 0 Å². The van der Waals surface area contributed by atoms with Gasteiger partial charge < -0.3 is 4.57 Å². The molecule has 0 saturated carbocycles. The zero-order valence-corrected chi connectivity index (χ0v) is 11.6. The minimum atomic E-state index is -0.286. The van der Waals surface area contributed by atoms with Gasteiger partial charge >= 0.3 is 5.69 Å². The Balaban J connectivity index is 2.25. The highest BCUT2D eigenvalue weighted by molar-refractivity contribution is 5.84. The number of hydrogen-bond acceptors (Lipinski definition) is 5. The van der Waals surface area contributed by atoms with Gasteiger partial charge in [0.1, 0.15) is 17.5 Å². The molecule has 0 bridgehead atoms. The molecule has 7 heteroatoms. The summed E-state index contributed by atoms with van der Waals surface area (Å²) in [6.07, 6.45) is 5.38. The van der Waals surface area contributed by atoms with E-state index in [1.54, 1.807) is 6.33 Å². The van der Waals surface area contributed by atoms with Gasteiger partial charge in [0.2, 0.25) is 0 Å². The zero-order valence-electron chi connectivity index (χ0n) is 11.6. The molecule has 7 nitrogen and oxygen atoms in total. The molecule has 0 atom stereocenters. The molecule has 0 saturated heterocycles. The van der Waals surface area contributed by atoms with Crippen molar-refractivity contribution in [2.45, 2.75) is 39.8 Å². The van der Waals surface area contributed by atoms with E-state index in [0.717, 1.165) is 25.0 Å². The van der Waals surface area contributed by atoms with Crippen molar-refractivity contribution in [1.82, 2.24) is 29.1 Å². The number of aromatic nitrogens is 6. The third-order valence-electron chi connectivity index (χ3n) is 3.37. The van der Waals surface area contributed by atoms with Crippen molar-refractivity contribution in [3.05, 3.63) is 23.1 Å². The predicted molar refractivity (Wildman–Crippen MR) is 74.6 cm³/mol. The van der Waals surface area contributed by atoms with Crippen molar-refractivity contribution in [3.63, 3.8) is 0 Å². The van der Waals surface area contributed by atoms with Crippen LogP contribution in [0.25, 0.3) is 22.7 Å². The topological polar surface area (TPSA) is 78.5 Å². The molecule has 2 aliphatic rings. The fourth-order valence-electron chi connectivity index (χ4n) is 2.31. The van der Waals surface area contributed by atoms with Crippen LogP contribution in [0.2, 0.25) is 0 Å². The van der Waals surface area contributed by atoms with E-state index in [1.165, 1.54) is 10.9 Å². The quantitative estimate of drug-likeness (QED) is 0.715. The number of aryl methyl sites for hydroxylation is 1. The summed E-state index contributed by atoms with van der Waals surface area (Å²) in [5.74, 6) is 0.542. The minimum Gasteiger partial charge on any atom is -0.315 e. The maximum absolute atomic E-state index is 11.9. The van der Waals surface area contributed by atoms with Gasteiger partial charge in [-0.2, -0.15) is 4.98 Å². The third kappa shape index (κ3) is 1.86. The molecule has 3 heterocycles. The molecule has 0 aromatic carbocycles. The normalized spacial score (nSPS) is 11.5. The highest BCUT2D eigenvalue weighted by Crippen LogP contribution is 2.22. The molecule has 1 aromatic heterocycles. The summed E-state index contributed by atoms with van der Waals surface area (Å²) in [5.41, 5.74) is 1.60. The molecule has 0 fully saturated rings. The van der Waals surface area contributed by atoms with Gasteiger partial charge in [0.05, 0.1) is 6.33 Å². The van der Waals surface area contributed by atoms with Gasteiger partial charge in [0.25, 0.3) is 0 Å². The Morgan fingerprint density at radius 1 is 1.20 bits per heavy atom. The highest BCUT2D eigenvalue weighted by Gasteiger charge is 2.19. The molecular formula is C13H16N6O. The van der Waals surface area contributed by atoms with E-state index in [0.29, 0.717) is 23.6 Å². The fourth-order valence-corrected chi connectivity index (χ4v) is 2.31. The molecule has 0 amide bonds. The largest absolute Gasteiger partial charge is 0.349 e. The molecule has 0 aliphatic carbocycles. The molecule has 20 heavy (non-hydrogen) atoms. The first-order chi connectivity index (χ1) is 9.76. The second-order valence-corrected chi connectivity index (χ2v) is 4.65. The molecule has 0 N–H and O–H groups in total. The molecule has 3 rings (SSSR count). The van der Waals surface area contributed by atoms with E-state index in [-0.39, 0.29) is 5.69 Å². The van der Waals surface area contributed by atoms with Crippen molar-refractivity contribution in [3.8, 4) is 11.5 Å². The molecule has 2 aliphatic heterocycles. The van der Waals surface area contributed by atoms with Crippen LogP contribution in [0, 0.1) is 0 Å². The van der Waals surface area contributed by atoms with Gasteiger partial charge in [-0.05, 0) is 13.3 Å². The average Bonchev–Trinajstić information content (AvgIpc) is 2.93. The van der Waals surface area contributed by atoms with Gasteiger partial charge in [-0.25, -0.2) is 19.7 Å². The van der Waals surface area contributed by atoms with E-state index in [9.17, 15) is 4.79 Å². The number of fused-ring (bicyclic) bond motifs is 3. The molecule has 0 radical (unpaired) electrons. The Labute approximate surface area is 115 Å². The van der Waals surface area contributed by atoms with Crippen LogP contribution in [-0.2, 0) is 13.1 Å². The van der Waals surface area contributed by atoms with Crippen LogP contribution in [0.5, 0.6) is 0 Å². The maximum Gasteiger partial charge on any atom is 0.349 e. The van der Waals surface area contributed by atoms with Crippen LogP contribution in [0.4, 0.5) is 0 Å². The number of nitrogens with zero attached hydrogens (tertiary/aromatic N) is 6. The van der Waals surface area contributed by atoms with Gasteiger partial charge in [0.15, 0.2) is 11.5 Å². The summed E-state index contributed by atoms with van der Waals surface area (Å²) in [6, 6.07) is 0. The van der Waals surface area contributed by atoms with E-state index in [2.05, 4.69) is 26.9 Å². The summed E-state index contributed by atoms with van der Waals surface area (Å²) in [5, 5.41) is 0. The summed E-state index contributed by atoms with van der Waals surface area (Å²) >= 11 is 0. The molecular weight excluding hydrogens is 256 g/mol. The SMILES string of the molecule is CCCCn1cnc2c3nc(=O)n(CC)c-3ncnc21. The van der Waals surface area contributed by atoms with Crippen LogP contribution in [0.1, 0.15) is 26.7 Å². The van der Waals surface area contributed by atoms with Crippen molar-refractivity contribution >= 4 is 11.2 Å². The van der Waals surface area contributed by atoms with E-state index in [4.69, 9.17) is 0 Å². The van der Waals surface area contributed by atoms with E-state index in [1.807, 2.05) is 11.5 Å². The van der Waals surface area contributed by atoms with Crippen LogP contribution in [0.3, 0.4) is 0 Å². The second kappa shape index (κ2) is 4.99. The summed E-state index contributed by atoms with van der Waals surface area (Å²) in [6.45, 7) is 5.41.